The third kappa shape index (κ3) is 1.91. The first-order valence-corrected chi connectivity index (χ1v) is 5.35. The molecule has 0 saturated heterocycles. The number of anilines is 1. The molecule has 0 radical (unpaired) electrons. The van der Waals surface area contributed by atoms with Crippen LogP contribution in [-0.4, -0.2) is 23.7 Å². The zero-order chi connectivity index (χ0) is 11.1. The number of ether oxygens (including phenoxy) is 1. The smallest absolute Gasteiger partial charge is 0.237 e. The number of hydrogen-bond acceptors (Lipinski definition) is 3. The molecule has 0 aliphatic carbocycles. The first-order chi connectivity index (χ1) is 6.98. The van der Waals surface area contributed by atoms with Gasteiger partial charge in [-0.15, -0.1) is 0 Å². The molecule has 0 fully saturated rings. The molecule has 0 N–H and O–H groups in total. The van der Waals surface area contributed by atoms with Crippen LogP contribution >= 0.6 is 0 Å². The Morgan fingerprint density at radius 3 is 2.80 bits per heavy atom. The molecule has 0 aromatic carbocycles. The Bertz CT molecular complexity index is 368. The van der Waals surface area contributed by atoms with Crippen molar-refractivity contribution in [3.63, 3.8) is 0 Å². The lowest BCUT2D eigenvalue weighted by molar-refractivity contribution is 0.278. The second kappa shape index (κ2) is 3.40. The van der Waals surface area contributed by atoms with Crippen LogP contribution in [0.4, 0.5) is 5.69 Å². The summed E-state index contributed by atoms with van der Waals surface area (Å²) in [5.74, 6) is 0.766. The van der Waals surface area contributed by atoms with Gasteiger partial charge in [-0.1, -0.05) is 0 Å². The molecule has 3 nitrogen and oxygen atoms in total. The lowest BCUT2D eigenvalue weighted by Crippen LogP contribution is -2.46. The standard InChI is InChI=1S/C12H18N2O/c1-9-7-10-11(13-8-9)15-6-5-14(10)12(2,3)4/h7-8H,5-6H2,1-4H3. The number of rotatable bonds is 0. The maximum atomic E-state index is 5.55. The van der Waals surface area contributed by atoms with Crippen molar-refractivity contribution in [1.82, 2.24) is 4.98 Å². The molecule has 2 heterocycles. The van der Waals surface area contributed by atoms with Crippen LogP contribution in [0.3, 0.4) is 0 Å². The third-order valence-electron chi connectivity index (χ3n) is 2.62. The maximum Gasteiger partial charge on any atom is 0.237 e. The molecule has 1 aliphatic heterocycles. The molecular formula is C12H18N2O. The summed E-state index contributed by atoms with van der Waals surface area (Å²) in [5.41, 5.74) is 2.41. The fourth-order valence-electron chi connectivity index (χ4n) is 1.90. The minimum atomic E-state index is 0.119. The molecular weight excluding hydrogens is 188 g/mol. The Kier molecular flexibility index (Phi) is 2.33. The van der Waals surface area contributed by atoms with E-state index in [0.717, 1.165) is 24.7 Å². The van der Waals surface area contributed by atoms with Gasteiger partial charge in [0.15, 0.2) is 0 Å². The van der Waals surface area contributed by atoms with Crippen molar-refractivity contribution < 1.29 is 4.74 Å². The van der Waals surface area contributed by atoms with Gasteiger partial charge in [-0.3, -0.25) is 0 Å². The van der Waals surface area contributed by atoms with Gasteiger partial charge in [0.1, 0.15) is 12.3 Å². The Labute approximate surface area is 91.1 Å². The monoisotopic (exact) mass is 206 g/mol. The highest BCUT2D eigenvalue weighted by atomic mass is 16.5. The lowest BCUT2D eigenvalue weighted by Gasteiger charge is -2.40. The highest BCUT2D eigenvalue weighted by molar-refractivity contribution is 5.59. The predicted octanol–water partition coefficient (Wildman–Crippen LogP) is 2.39. The molecule has 2 rings (SSSR count). The Hall–Kier alpha value is -1.25. The van der Waals surface area contributed by atoms with Gasteiger partial charge in [-0.25, -0.2) is 4.98 Å². The van der Waals surface area contributed by atoms with E-state index in [2.05, 4.69) is 43.6 Å². The zero-order valence-electron chi connectivity index (χ0n) is 9.87. The van der Waals surface area contributed by atoms with Crippen molar-refractivity contribution in [1.29, 1.82) is 0 Å². The summed E-state index contributed by atoms with van der Waals surface area (Å²) in [7, 11) is 0. The first-order valence-electron chi connectivity index (χ1n) is 5.35. The van der Waals surface area contributed by atoms with E-state index >= 15 is 0 Å². The van der Waals surface area contributed by atoms with E-state index in [1.54, 1.807) is 0 Å². The predicted molar refractivity (Wildman–Crippen MR) is 61.6 cm³/mol. The summed E-state index contributed by atoms with van der Waals surface area (Å²) < 4.78 is 5.55. The van der Waals surface area contributed by atoms with Gasteiger partial charge in [0.2, 0.25) is 5.88 Å². The van der Waals surface area contributed by atoms with Crippen LogP contribution in [0.1, 0.15) is 26.3 Å². The quantitative estimate of drug-likeness (QED) is 0.651. The molecule has 1 aromatic rings. The van der Waals surface area contributed by atoms with Gasteiger partial charge in [-0.2, -0.15) is 0 Å². The molecule has 0 amide bonds. The minimum Gasteiger partial charge on any atom is -0.474 e. The lowest BCUT2D eigenvalue weighted by atomic mass is 10.0. The molecule has 0 spiro atoms. The van der Waals surface area contributed by atoms with Gasteiger partial charge in [0, 0.05) is 11.7 Å². The van der Waals surface area contributed by atoms with Crippen molar-refractivity contribution in [2.24, 2.45) is 0 Å². The van der Waals surface area contributed by atoms with E-state index in [-0.39, 0.29) is 5.54 Å². The fourth-order valence-corrected chi connectivity index (χ4v) is 1.90. The van der Waals surface area contributed by atoms with E-state index in [4.69, 9.17) is 4.74 Å². The summed E-state index contributed by atoms with van der Waals surface area (Å²) in [5, 5.41) is 0. The average molecular weight is 206 g/mol. The van der Waals surface area contributed by atoms with Crippen LogP contribution in [-0.2, 0) is 0 Å². The van der Waals surface area contributed by atoms with E-state index in [1.165, 1.54) is 5.56 Å². The normalized spacial score (nSPS) is 15.9. The molecule has 0 atom stereocenters. The zero-order valence-corrected chi connectivity index (χ0v) is 9.87. The van der Waals surface area contributed by atoms with E-state index in [1.807, 2.05) is 6.20 Å². The number of nitrogens with zero attached hydrogens (tertiary/aromatic N) is 2. The molecule has 1 aliphatic rings. The van der Waals surface area contributed by atoms with Crippen molar-refractivity contribution in [2.75, 3.05) is 18.1 Å². The molecule has 0 bridgehead atoms. The van der Waals surface area contributed by atoms with Crippen molar-refractivity contribution in [3.05, 3.63) is 17.8 Å². The number of pyridine rings is 1. The SMILES string of the molecule is Cc1cnc2c(c1)N(C(C)(C)C)CCO2. The Balaban J connectivity index is 2.45. The van der Waals surface area contributed by atoms with Crippen LogP contribution in [0.5, 0.6) is 5.88 Å². The summed E-state index contributed by atoms with van der Waals surface area (Å²) in [6.07, 6.45) is 1.85. The van der Waals surface area contributed by atoms with Crippen LogP contribution in [0.25, 0.3) is 0 Å². The molecule has 1 aromatic heterocycles. The van der Waals surface area contributed by atoms with Crippen LogP contribution < -0.4 is 9.64 Å². The molecule has 82 valence electrons. The second-order valence-electron chi connectivity index (χ2n) is 5.01. The van der Waals surface area contributed by atoms with Crippen molar-refractivity contribution in [3.8, 4) is 5.88 Å². The van der Waals surface area contributed by atoms with Gasteiger partial charge in [0.05, 0.1) is 6.54 Å². The van der Waals surface area contributed by atoms with E-state index < -0.39 is 0 Å². The van der Waals surface area contributed by atoms with Crippen molar-refractivity contribution >= 4 is 5.69 Å². The summed E-state index contributed by atoms with van der Waals surface area (Å²) >= 11 is 0. The fraction of sp³-hybridized carbons (Fsp3) is 0.583. The maximum absolute atomic E-state index is 5.55. The van der Waals surface area contributed by atoms with Gasteiger partial charge < -0.3 is 9.64 Å². The number of aromatic nitrogens is 1. The van der Waals surface area contributed by atoms with E-state index in [9.17, 15) is 0 Å². The molecule has 0 saturated carbocycles. The van der Waals surface area contributed by atoms with Crippen molar-refractivity contribution in [2.45, 2.75) is 33.2 Å². The summed E-state index contributed by atoms with van der Waals surface area (Å²) in [6.45, 7) is 10.4. The van der Waals surface area contributed by atoms with Crippen LogP contribution in [0.15, 0.2) is 12.3 Å². The molecule has 0 unspecified atom stereocenters. The Morgan fingerprint density at radius 2 is 2.13 bits per heavy atom. The van der Waals surface area contributed by atoms with E-state index in [0.29, 0.717) is 0 Å². The average Bonchev–Trinajstić information content (AvgIpc) is 2.15. The largest absolute Gasteiger partial charge is 0.474 e. The summed E-state index contributed by atoms with van der Waals surface area (Å²) in [6, 6.07) is 2.15. The van der Waals surface area contributed by atoms with Crippen LogP contribution in [0.2, 0.25) is 0 Å². The highest BCUT2D eigenvalue weighted by Crippen LogP contribution is 2.34. The Morgan fingerprint density at radius 1 is 1.40 bits per heavy atom. The van der Waals surface area contributed by atoms with Gasteiger partial charge in [-0.05, 0) is 39.3 Å². The van der Waals surface area contributed by atoms with Gasteiger partial charge in [0.25, 0.3) is 0 Å². The number of aryl methyl sites for hydroxylation is 1. The van der Waals surface area contributed by atoms with Crippen LogP contribution in [0, 0.1) is 6.92 Å². The highest BCUT2D eigenvalue weighted by Gasteiger charge is 2.28. The minimum absolute atomic E-state index is 0.119. The third-order valence-corrected chi connectivity index (χ3v) is 2.62. The number of fused-ring (bicyclic) bond motifs is 1. The summed E-state index contributed by atoms with van der Waals surface area (Å²) in [4.78, 5) is 6.67. The molecule has 3 heteroatoms. The number of hydrogen-bond donors (Lipinski definition) is 0. The topological polar surface area (TPSA) is 25.4 Å². The molecule has 15 heavy (non-hydrogen) atoms. The first kappa shape index (κ1) is 10.3. The van der Waals surface area contributed by atoms with Gasteiger partial charge >= 0.3 is 0 Å². The second-order valence-corrected chi connectivity index (χ2v) is 5.01.